The van der Waals surface area contributed by atoms with Crippen molar-refractivity contribution in [3.05, 3.63) is 180 Å². The lowest BCUT2D eigenvalue weighted by atomic mass is 9.86. The molecule has 0 N–H and O–H groups in total. The Bertz CT molecular complexity index is 4340. The first-order chi connectivity index (χ1) is 30.4. The predicted molar refractivity (Wildman–Crippen MR) is 260 cm³/mol. The van der Waals surface area contributed by atoms with E-state index >= 15 is 8.78 Å². The first-order valence-corrected chi connectivity index (χ1v) is 21.5. The first-order valence-electron chi connectivity index (χ1n) is 21.5. The zero-order chi connectivity index (χ0) is 40.9. The van der Waals surface area contributed by atoms with Gasteiger partial charge in [-0.05, 0) is 185 Å². The van der Waals surface area contributed by atoms with Crippen molar-refractivity contribution in [3.63, 3.8) is 0 Å². The normalized spacial score (nSPS) is 12.8. The van der Waals surface area contributed by atoms with E-state index in [9.17, 15) is 0 Å². The largest absolute Gasteiger partial charge is 0.207 e. The summed E-state index contributed by atoms with van der Waals surface area (Å²) in [4.78, 5) is 0. The molecule has 1 aliphatic carbocycles. The molecular formula is C60H32F2. The molecular weight excluding hydrogens is 759 g/mol. The molecule has 0 bridgehead atoms. The summed E-state index contributed by atoms with van der Waals surface area (Å²) in [6, 6.07) is 56.1. The molecule has 0 aromatic heterocycles. The van der Waals surface area contributed by atoms with Crippen molar-refractivity contribution in [1.29, 1.82) is 0 Å². The number of benzene rings is 12. The van der Waals surface area contributed by atoms with Crippen molar-refractivity contribution >= 4 is 108 Å². The third kappa shape index (κ3) is 3.80. The van der Waals surface area contributed by atoms with E-state index in [1.807, 2.05) is 12.1 Å². The van der Waals surface area contributed by atoms with Crippen LogP contribution in [0.15, 0.2) is 158 Å². The highest BCUT2D eigenvalue weighted by Gasteiger charge is 2.30. The van der Waals surface area contributed by atoms with Gasteiger partial charge >= 0.3 is 0 Å². The fourth-order valence-corrected chi connectivity index (χ4v) is 12.4. The highest BCUT2D eigenvalue weighted by Crippen LogP contribution is 2.58. The van der Waals surface area contributed by atoms with Crippen LogP contribution in [0.25, 0.3) is 152 Å². The second kappa shape index (κ2) is 11.2. The summed E-state index contributed by atoms with van der Waals surface area (Å²) >= 11 is 0. The van der Waals surface area contributed by atoms with E-state index in [4.69, 9.17) is 0 Å². The fraction of sp³-hybridized carbons (Fsp3) is 0.0333. The zero-order valence-corrected chi connectivity index (χ0v) is 33.8. The summed E-state index contributed by atoms with van der Waals surface area (Å²) < 4.78 is 32.1. The number of rotatable bonds is 2. The van der Waals surface area contributed by atoms with Gasteiger partial charge in [-0.1, -0.05) is 133 Å². The first kappa shape index (κ1) is 33.1. The van der Waals surface area contributed by atoms with Crippen LogP contribution in [0, 0.1) is 25.5 Å². The lowest BCUT2D eigenvalue weighted by Crippen LogP contribution is -1.89. The van der Waals surface area contributed by atoms with Crippen LogP contribution >= 0.6 is 0 Å². The molecule has 0 atom stereocenters. The van der Waals surface area contributed by atoms with Crippen LogP contribution in [0.2, 0.25) is 0 Å². The molecule has 62 heavy (non-hydrogen) atoms. The minimum absolute atomic E-state index is 0.489. The minimum atomic E-state index is -0.565. The van der Waals surface area contributed by atoms with Gasteiger partial charge in [-0.3, -0.25) is 0 Å². The van der Waals surface area contributed by atoms with E-state index in [-0.39, 0.29) is 0 Å². The summed E-state index contributed by atoms with van der Waals surface area (Å²) in [7, 11) is 0. The molecule has 15 rings (SSSR count). The molecule has 0 nitrogen and oxygen atoms in total. The van der Waals surface area contributed by atoms with Gasteiger partial charge in [-0.2, -0.15) is 0 Å². The number of hydrogen-bond donors (Lipinski definition) is 0. The molecule has 0 unspecified atom stereocenters. The topological polar surface area (TPSA) is 0 Å². The van der Waals surface area contributed by atoms with E-state index in [1.165, 1.54) is 93.0 Å². The summed E-state index contributed by atoms with van der Waals surface area (Å²) in [6.07, 6.45) is 0. The van der Waals surface area contributed by atoms with E-state index < -0.39 is 11.6 Å². The average molecular weight is 791 g/mol. The number of halogens is 2. The second-order valence-electron chi connectivity index (χ2n) is 17.7. The molecule has 0 fully saturated rings. The highest BCUT2D eigenvalue weighted by molar-refractivity contribution is 6.52. The third-order valence-electron chi connectivity index (χ3n) is 14.8. The van der Waals surface area contributed by atoms with Crippen molar-refractivity contribution in [2.45, 2.75) is 13.8 Å². The summed E-state index contributed by atoms with van der Waals surface area (Å²) in [5, 5.41) is 21.5. The van der Waals surface area contributed by atoms with Crippen LogP contribution in [0.5, 0.6) is 0 Å². The van der Waals surface area contributed by atoms with E-state index in [1.54, 1.807) is 6.07 Å². The molecule has 1 aliphatic rings. The molecule has 14 aromatic rings. The molecule has 0 spiro atoms. The van der Waals surface area contributed by atoms with Gasteiger partial charge in [0.25, 0.3) is 0 Å². The molecule has 286 valence electrons. The maximum Gasteiger partial charge on any atom is 0.134 e. The van der Waals surface area contributed by atoms with Crippen molar-refractivity contribution in [1.82, 2.24) is 0 Å². The van der Waals surface area contributed by atoms with Crippen molar-refractivity contribution in [2.75, 3.05) is 0 Å². The standard InChI is InChI=1S/C60H32F2/c1-29-9-3-6-12-34(29)32-15-16-37-38-17-18-39-41-21-23-44-54-45(24-22-42(53(41)54)40-19-20-43(46(37)25-32)51(38)52(39)40)58-57(44)50(35-13-7-4-10-30(35)2)47-26-31-11-5-8-14-36(31)56-55-48(60(58)59(47)56)27-33(61)28-49(55)62/h3-28H,1-2H3. The summed E-state index contributed by atoms with van der Waals surface area (Å²) in [5.41, 5.74) is 12.4. The van der Waals surface area contributed by atoms with Crippen molar-refractivity contribution in [2.24, 2.45) is 0 Å². The van der Waals surface area contributed by atoms with Gasteiger partial charge in [0.05, 0.1) is 0 Å². The Morgan fingerprint density at radius 1 is 0.290 bits per heavy atom. The van der Waals surface area contributed by atoms with Crippen LogP contribution in [0.1, 0.15) is 11.1 Å². The molecule has 0 radical (unpaired) electrons. The quantitative estimate of drug-likeness (QED) is 0.121. The van der Waals surface area contributed by atoms with E-state index in [0.29, 0.717) is 10.8 Å². The Kier molecular flexibility index (Phi) is 5.96. The third-order valence-corrected chi connectivity index (χ3v) is 14.8. The molecule has 0 saturated carbocycles. The van der Waals surface area contributed by atoms with Crippen LogP contribution in [0.3, 0.4) is 0 Å². The van der Waals surface area contributed by atoms with E-state index in [0.717, 1.165) is 65.7 Å². The summed E-state index contributed by atoms with van der Waals surface area (Å²) in [6.45, 7) is 4.36. The fourth-order valence-electron chi connectivity index (χ4n) is 12.4. The molecule has 0 saturated heterocycles. The lowest BCUT2D eigenvalue weighted by molar-refractivity contribution is 0.593. The molecule has 2 heteroatoms. The van der Waals surface area contributed by atoms with Gasteiger partial charge in [0.15, 0.2) is 0 Å². The van der Waals surface area contributed by atoms with Crippen LogP contribution in [0.4, 0.5) is 8.78 Å². The van der Waals surface area contributed by atoms with Crippen LogP contribution < -0.4 is 0 Å². The molecule has 14 aromatic carbocycles. The maximum atomic E-state index is 16.5. The van der Waals surface area contributed by atoms with Gasteiger partial charge in [0.2, 0.25) is 0 Å². The predicted octanol–water partition coefficient (Wildman–Crippen LogP) is 17.4. The average Bonchev–Trinajstić information content (AvgIpc) is 3.93. The van der Waals surface area contributed by atoms with Gasteiger partial charge in [0.1, 0.15) is 11.6 Å². The van der Waals surface area contributed by atoms with Gasteiger partial charge < -0.3 is 0 Å². The van der Waals surface area contributed by atoms with Crippen LogP contribution in [-0.2, 0) is 0 Å². The zero-order valence-electron chi connectivity index (χ0n) is 33.8. The van der Waals surface area contributed by atoms with Gasteiger partial charge in [-0.25, -0.2) is 8.78 Å². The second-order valence-corrected chi connectivity index (χ2v) is 17.7. The monoisotopic (exact) mass is 790 g/mol. The molecule has 0 heterocycles. The Morgan fingerprint density at radius 2 is 0.823 bits per heavy atom. The van der Waals surface area contributed by atoms with Crippen LogP contribution in [-0.4, -0.2) is 0 Å². The van der Waals surface area contributed by atoms with Gasteiger partial charge in [0, 0.05) is 16.8 Å². The molecule has 0 amide bonds. The summed E-state index contributed by atoms with van der Waals surface area (Å²) in [5.74, 6) is -1.09. The molecule has 0 aliphatic heterocycles. The Balaban J connectivity index is 1.13. The highest BCUT2D eigenvalue weighted by atomic mass is 19.1. The smallest absolute Gasteiger partial charge is 0.134 e. The number of fused-ring (bicyclic) bond motifs is 14. The Hall–Kier alpha value is -7.68. The maximum absolute atomic E-state index is 16.5. The minimum Gasteiger partial charge on any atom is -0.207 e. The van der Waals surface area contributed by atoms with Crippen molar-refractivity contribution < 1.29 is 8.78 Å². The SMILES string of the molecule is Cc1ccccc1-c1ccc2c(c1)-c1ccc3c4ccc5c6c(ccc(c7ccc-2c1c73)c46)c1c(-c2ccccc2C)c2cc3ccccc3c3c4c(F)cc(F)cc4c(c51)c23. The number of hydrogen-bond acceptors (Lipinski definition) is 0. The Morgan fingerprint density at radius 3 is 1.56 bits per heavy atom. The Labute approximate surface area is 353 Å². The lowest BCUT2D eigenvalue weighted by Gasteiger charge is -2.16. The van der Waals surface area contributed by atoms with Gasteiger partial charge in [-0.15, -0.1) is 0 Å². The van der Waals surface area contributed by atoms with Crippen molar-refractivity contribution in [3.8, 4) is 44.5 Å². The number of aryl methyl sites for hydroxylation is 2. The van der Waals surface area contributed by atoms with E-state index in [2.05, 4.69) is 147 Å².